The number of hydrazine groups is 1. The van der Waals surface area contributed by atoms with E-state index in [0.717, 1.165) is 0 Å². The van der Waals surface area contributed by atoms with Crippen LogP contribution in [0.25, 0.3) is 0 Å². The van der Waals surface area contributed by atoms with Crippen molar-refractivity contribution >= 4 is 33.5 Å². The van der Waals surface area contributed by atoms with Crippen molar-refractivity contribution in [2.24, 2.45) is 0 Å². The Kier molecular flexibility index (Phi) is 4.05. The number of aliphatic carboxylic acids is 1. The van der Waals surface area contributed by atoms with Gasteiger partial charge >= 0.3 is 11.9 Å². The van der Waals surface area contributed by atoms with Crippen LogP contribution in [-0.4, -0.2) is 25.4 Å². The molecule has 0 unspecified atom stereocenters. The highest BCUT2D eigenvalue weighted by Gasteiger charge is 2.17. The van der Waals surface area contributed by atoms with Crippen molar-refractivity contribution in [3.63, 3.8) is 0 Å². The van der Waals surface area contributed by atoms with Crippen LogP contribution in [0, 0.1) is 0 Å². The number of benzene rings is 1. The van der Waals surface area contributed by atoms with Gasteiger partial charge in [-0.25, -0.2) is 13.2 Å². The van der Waals surface area contributed by atoms with Gasteiger partial charge in [0.2, 0.25) is 0 Å². The molecule has 7 nitrogen and oxygen atoms in total. The third kappa shape index (κ3) is 3.70. The van der Waals surface area contributed by atoms with Gasteiger partial charge in [0.15, 0.2) is 0 Å². The maximum absolute atomic E-state index is 11.5. The fourth-order valence-electron chi connectivity index (χ4n) is 0.840. The van der Waals surface area contributed by atoms with Crippen LogP contribution in [0.4, 0.5) is 0 Å². The topological polar surface area (TPSA) is 113 Å². The Hall–Kier alpha value is -1.64. The zero-order chi connectivity index (χ0) is 13.1. The summed E-state index contributed by atoms with van der Waals surface area (Å²) in [6.07, 6.45) is 0. The van der Waals surface area contributed by atoms with Crippen molar-refractivity contribution in [2.75, 3.05) is 0 Å². The number of carboxylic acids is 1. The fourth-order valence-corrected chi connectivity index (χ4v) is 1.80. The number of rotatable bonds is 3. The second-order valence-corrected chi connectivity index (χ2v) is 4.94. The molecule has 92 valence electrons. The van der Waals surface area contributed by atoms with Gasteiger partial charge in [-0.15, -0.1) is 4.83 Å². The molecule has 0 heterocycles. The molecule has 0 spiro atoms. The highest BCUT2D eigenvalue weighted by Crippen LogP contribution is 2.13. The van der Waals surface area contributed by atoms with Crippen LogP contribution in [-0.2, 0) is 19.6 Å². The average molecular weight is 279 g/mol. The van der Waals surface area contributed by atoms with Crippen molar-refractivity contribution in [1.82, 2.24) is 10.3 Å². The van der Waals surface area contributed by atoms with Gasteiger partial charge in [-0.05, 0) is 24.3 Å². The molecule has 0 bridgehead atoms. The molecule has 9 heteroatoms. The molecule has 1 amide bonds. The lowest BCUT2D eigenvalue weighted by Gasteiger charge is -2.06. The van der Waals surface area contributed by atoms with Crippen LogP contribution < -0.4 is 10.3 Å². The van der Waals surface area contributed by atoms with E-state index in [1.807, 2.05) is 0 Å². The van der Waals surface area contributed by atoms with Crippen molar-refractivity contribution in [3.05, 3.63) is 29.3 Å². The second-order valence-electron chi connectivity index (χ2n) is 2.82. The van der Waals surface area contributed by atoms with E-state index in [4.69, 9.17) is 16.7 Å². The Labute approximate surface area is 101 Å². The predicted molar refractivity (Wildman–Crippen MR) is 57.6 cm³/mol. The maximum atomic E-state index is 11.5. The molecule has 0 aromatic heterocycles. The van der Waals surface area contributed by atoms with Crippen LogP contribution in [0.15, 0.2) is 29.2 Å². The van der Waals surface area contributed by atoms with Crippen LogP contribution >= 0.6 is 11.6 Å². The molecule has 1 aromatic rings. The van der Waals surface area contributed by atoms with Gasteiger partial charge < -0.3 is 5.11 Å². The van der Waals surface area contributed by atoms with E-state index in [-0.39, 0.29) is 4.90 Å². The molecule has 0 aliphatic carbocycles. The monoisotopic (exact) mass is 278 g/mol. The van der Waals surface area contributed by atoms with Crippen molar-refractivity contribution in [2.45, 2.75) is 4.90 Å². The molecule has 0 aliphatic rings. The fraction of sp³-hybridized carbons (Fsp3) is 0. The quantitative estimate of drug-likeness (QED) is 0.520. The summed E-state index contributed by atoms with van der Waals surface area (Å²) in [6, 6.07) is 5.10. The highest BCUT2D eigenvalue weighted by atomic mass is 35.5. The summed E-state index contributed by atoms with van der Waals surface area (Å²) in [6.45, 7) is 0. The maximum Gasteiger partial charge on any atom is 0.395 e. The second kappa shape index (κ2) is 5.13. The van der Waals surface area contributed by atoms with Gasteiger partial charge in [-0.3, -0.25) is 10.2 Å². The van der Waals surface area contributed by atoms with E-state index in [9.17, 15) is 18.0 Å². The van der Waals surface area contributed by atoms with Crippen molar-refractivity contribution < 1.29 is 23.1 Å². The molecule has 0 fully saturated rings. The molecule has 0 saturated carbocycles. The smallest absolute Gasteiger partial charge is 0.395 e. The van der Waals surface area contributed by atoms with Gasteiger partial charge in [0.1, 0.15) is 0 Å². The van der Waals surface area contributed by atoms with Crippen molar-refractivity contribution in [1.29, 1.82) is 0 Å². The van der Waals surface area contributed by atoms with E-state index in [1.54, 1.807) is 4.83 Å². The van der Waals surface area contributed by atoms with E-state index >= 15 is 0 Å². The Morgan fingerprint density at radius 2 is 1.71 bits per heavy atom. The lowest BCUT2D eigenvalue weighted by molar-refractivity contribution is -0.150. The minimum absolute atomic E-state index is 0.160. The molecule has 0 atom stereocenters. The Morgan fingerprint density at radius 1 is 1.18 bits per heavy atom. The summed E-state index contributed by atoms with van der Waals surface area (Å²) in [4.78, 5) is 22.2. The molecule has 17 heavy (non-hydrogen) atoms. The lowest BCUT2D eigenvalue weighted by atomic mass is 10.4. The molecule has 1 rings (SSSR count). The van der Waals surface area contributed by atoms with E-state index in [2.05, 4.69) is 0 Å². The van der Waals surface area contributed by atoms with Crippen molar-refractivity contribution in [3.8, 4) is 0 Å². The highest BCUT2D eigenvalue weighted by molar-refractivity contribution is 7.89. The normalized spacial score (nSPS) is 10.9. The minimum atomic E-state index is -4.01. The number of carbonyl (C=O) groups excluding carboxylic acids is 1. The largest absolute Gasteiger partial charge is 0.474 e. The first-order valence-electron chi connectivity index (χ1n) is 4.13. The number of carboxylic acid groups (broad SMARTS) is 1. The summed E-state index contributed by atoms with van der Waals surface area (Å²) in [5.74, 6) is -3.29. The number of halogens is 1. The molecular formula is C8H7ClN2O5S. The summed E-state index contributed by atoms with van der Waals surface area (Å²) >= 11 is 5.57. The van der Waals surface area contributed by atoms with Gasteiger partial charge in [0, 0.05) is 5.02 Å². The van der Waals surface area contributed by atoms with E-state index in [0.29, 0.717) is 5.02 Å². The third-order valence-corrected chi connectivity index (χ3v) is 3.13. The first-order valence-corrected chi connectivity index (χ1v) is 5.99. The first-order chi connectivity index (χ1) is 7.83. The molecule has 3 N–H and O–H groups in total. The van der Waals surface area contributed by atoms with Gasteiger partial charge in [-0.1, -0.05) is 11.6 Å². The Morgan fingerprint density at radius 3 is 2.18 bits per heavy atom. The van der Waals surface area contributed by atoms with Crippen LogP contribution in [0.1, 0.15) is 0 Å². The third-order valence-electron chi connectivity index (χ3n) is 1.62. The molecule has 0 radical (unpaired) electrons. The van der Waals surface area contributed by atoms with Crippen LogP contribution in [0.3, 0.4) is 0 Å². The molecule has 1 aromatic carbocycles. The molecular weight excluding hydrogens is 272 g/mol. The zero-order valence-electron chi connectivity index (χ0n) is 8.18. The SMILES string of the molecule is O=C(O)C(=O)NNS(=O)(=O)c1ccc(Cl)cc1. The number of hydrogen-bond acceptors (Lipinski definition) is 4. The number of sulfonamides is 1. The van der Waals surface area contributed by atoms with Gasteiger partial charge in [-0.2, -0.15) is 0 Å². The van der Waals surface area contributed by atoms with E-state index in [1.165, 1.54) is 29.7 Å². The predicted octanol–water partition coefficient (Wildman–Crippen LogP) is -0.266. The number of nitrogens with one attached hydrogen (secondary N) is 2. The number of amides is 1. The average Bonchev–Trinajstić information content (AvgIpc) is 2.26. The summed E-state index contributed by atoms with van der Waals surface area (Å²) in [7, 11) is -4.01. The number of carbonyl (C=O) groups is 2. The minimum Gasteiger partial charge on any atom is -0.474 e. The molecule has 0 aliphatic heterocycles. The standard InChI is InChI=1S/C8H7ClN2O5S/c9-5-1-3-6(4-2-5)17(15,16)11-10-7(12)8(13)14/h1-4,11H,(H,10,12)(H,13,14). The Bertz CT molecular complexity index is 540. The van der Waals surface area contributed by atoms with E-state index < -0.39 is 21.9 Å². The molecule has 0 saturated heterocycles. The summed E-state index contributed by atoms with van der Waals surface area (Å²) in [5.41, 5.74) is 1.53. The first kappa shape index (κ1) is 13.4. The summed E-state index contributed by atoms with van der Waals surface area (Å²) in [5, 5.41) is 8.57. The van der Waals surface area contributed by atoms with Crippen LogP contribution in [0.2, 0.25) is 5.02 Å². The number of hydrogen-bond donors (Lipinski definition) is 3. The Balaban J connectivity index is 2.79. The van der Waals surface area contributed by atoms with Gasteiger partial charge in [0.25, 0.3) is 10.0 Å². The summed E-state index contributed by atoms with van der Waals surface area (Å²) < 4.78 is 23.0. The zero-order valence-corrected chi connectivity index (χ0v) is 9.75. The lowest BCUT2D eigenvalue weighted by Crippen LogP contribution is -2.44. The van der Waals surface area contributed by atoms with Crippen LogP contribution in [0.5, 0.6) is 0 Å². The van der Waals surface area contributed by atoms with Gasteiger partial charge in [0.05, 0.1) is 4.90 Å².